The van der Waals surface area contributed by atoms with Crippen molar-refractivity contribution < 1.29 is 19.1 Å². The predicted molar refractivity (Wildman–Crippen MR) is 116 cm³/mol. The normalized spacial score (nSPS) is 17.9. The van der Waals surface area contributed by atoms with Crippen LogP contribution < -0.4 is 15.4 Å². The topological polar surface area (TPSA) is 87.7 Å². The van der Waals surface area contributed by atoms with Gasteiger partial charge in [-0.1, -0.05) is 48.5 Å². The van der Waals surface area contributed by atoms with Crippen molar-refractivity contribution in [2.24, 2.45) is 0 Å². The standard InChI is InChI=1S/C24H21N3O4/c1-24(17-8-4-2-5-9-17)22(29)27(23(30)26-24)16-21(28)25-18-12-14-20(15-13-18)31-19-10-6-3-7-11-19/h2-15H,16H2,1H3,(H,25,28)(H,26,30)/t24-/m1/s1. The highest BCUT2D eigenvalue weighted by Gasteiger charge is 2.49. The van der Waals surface area contributed by atoms with Crippen LogP contribution in [0.4, 0.5) is 10.5 Å². The van der Waals surface area contributed by atoms with Crippen molar-refractivity contribution in [3.63, 3.8) is 0 Å². The third-order valence-corrected chi connectivity index (χ3v) is 5.04. The first-order valence-electron chi connectivity index (χ1n) is 9.78. The maximum absolute atomic E-state index is 12.9. The summed E-state index contributed by atoms with van der Waals surface area (Å²) in [5.74, 6) is 0.388. The van der Waals surface area contributed by atoms with Gasteiger partial charge >= 0.3 is 6.03 Å². The van der Waals surface area contributed by atoms with Crippen LogP contribution in [-0.4, -0.2) is 29.3 Å². The van der Waals surface area contributed by atoms with Gasteiger partial charge in [-0.15, -0.1) is 0 Å². The molecule has 0 unspecified atom stereocenters. The minimum atomic E-state index is -1.20. The van der Waals surface area contributed by atoms with Crippen LogP contribution in [0.1, 0.15) is 12.5 Å². The minimum Gasteiger partial charge on any atom is -0.457 e. The fourth-order valence-electron chi connectivity index (χ4n) is 3.38. The summed E-state index contributed by atoms with van der Waals surface area (Å²) < 4.78 is 5.72. The van der Waals surface area contributed by atoms with E-state index < -0.39 is 23.4 Å². The molecule has 3 aromatic rings. The van der Waals surface area contributed by atoms with Crippen LogP contribution in [0.3, 0.4) is 0 Å². The van der Waals surface area contributed by atoms with Gasteiger partial charge in [0.05, 0.1) is 0 Å². The fourth-order valence-corrected chi connectivity index (χ4v) is 3.38. The number of para-hydroxylation sites is 1. The lowest BCUT2D eigenvalue weighted by atomic mass is 9.92. The summed E-state index contributed by atoms with van der Waals surface area (Å²) in [4.78, 5) is 38.7. The van der Waals surface area contributed by atoms with E-state index in [4.69, 9.17) is 4.74 Å². The maximum Gasteiger partial charge on any atom is 0.325 e. The number of hydrogen-bond donors (Lipinski definition) is 2. The Balaban J connectivity index is 1.38. The molecule has 0 aromatic heterocycles. The Hall–Kier alpha value is -4.13. The second-order valence-electron chi connectivity index (χ2n) is 7.30. The van der Waals surface area contributed by atoms with Gasteiger partial charge in [0, 0.05) is 5.69 Å². The maximum atomic E-state index is 12.9. The Morgan fingerprint density at radius 3 is 2.13 bits per heavy atom. The Bertz CT molecular complexity index is 1100. The molecule has 156 valence electrons. The van der Waals surface area contributed by atoms with E-state index in [-0.39, 0.29) is 6.54 Å². The molecule has 0 saturated carbocycles. The molecule has 4 amide bonds. The smallest absolute Gasteiger partial charge is 0.325 e. The Morgan fingerprint density at radius 1 is 0.903 bits per heavy atom. The number of carbonyl (C=O) groups excluding carboxylic acids is 3. The summed E-state index contributed by atoms with van der Waals surface area (Å²) in [7, 11) is 0. The molecule has 0 bridgehead atoms. The molecule has 1 aliphatic heterocycles. The monoisotopic (exact) mass is 415 g/mol. The van der Waals surface area contributed by atoms with E-state index in [1.807, 2.05) is 36.4 Å². The number of nitrogens with one attached hydrogen (secondary N) is 2. The first kappa shape index (κ1) is 20.2. The van der Waals surface area contributed by atoms with Crippen LogP contribution in [0.2, 0.25) is 0 Å². The summed E-state index contributed by atoms with van der Waals surface area (Å²) in [6.07, 6.45) is 0. The van der Waals surface area contributed by atoms with E-state index >= 15 is 0 Å². The van der Waals surface area contributed by atoms with Crippen LogP contribution in [0.15, 0.2) is 84.9 Å². The zero-order chi connectivity index (χ0) is 21.8. The number of urea groups is 1. The third kappa shape index (κ3) is 4.25. The first-order valence-corrected chi connectivity index (χ1v) is 9.78. The average Bonchev–Trinajstić information content (AvgIpc) is 3.00. The summed E-state index contributed by atoms with van der Waals surface area (Å²) in [6.45, 7) is 1.25. The molecular formula is C24H21N3O4. The molecule has 0 aliphatic carbocycles. The second-order valence-corrected chi connectivity index (χ2v) is 7.30. The molecule has 1 saturated heterocycles. The van der Waals surface area contributed by atoms with Gasteiger partial charge < -0.3 is 15.4 Å². The van der Waals surface area contributed by atoms with Gasteiger partial charge in [-0.3, -0.25) is 14.5 Å². The van der Waals surface area contributed by atoms with Gasteiger partial charge in [0.1, 0.15) is 23.6 Å². The van der Waals surface area contributed by atoms with Crippen LogP contribution in [0, 0.1) is 0 Å². The molecule has 31 heavy (non-hydrogen) atoms. The molecule has 7 nitrogen and oxygen atoms in total. The molecule has 4 rings (SSSR count). The molecule has 1 aliphatic rings. The molecule has 3 aromatic carbocycles. The summed E-state index contributed by atoms with van der Waals surface area (Å²) in [6, 6.07) is 24.5. The number of amides is 4. The van der Waals surface area contributed by atoms with E-state index in [0.717, 1.165) is 4.90 Å². The highest BCUT2D eigenvalue weighted by molar-refractivity contribution is 6.10. The van der Waals surface area contributed by atoms with Crippen LogP contribution in [0.5, 0.6) is 11.5 Å². The zero-order valence-electron chi connectivity index (χ0n) is 16.9. The van der Waals surface area contributed by atoms with Gasteiger partial charge in [-0.2, -0.15) is 0 Å². The average molecular weight is 415 g/mol. The number of hydrogen-bond acceptors (Lipinski definition) is 4. The van der Waals surface area contributed by atoms with E-state index in [1.54, 1.807) is 55.5 Å². The first-order chi connectivity index (χ1) is 15.0. The lowest BCUT2D eigenvalue weighted by Gasteiger charge is -2.22. The molecule has 1 atom stereocenters. The molecule has 0 radical (unpaired) electrons. The van der Waals surface area contributed by atoms with Gasteiger partial charge in [0.25, 0.3) is 5.91 Å². The van der Waals surface area contributed by atoms with Crippen molar-refractivity contribution in [3.8, 4) is 11.5 Å². The number of benzene rings is 3. The van der Waals surface area contributed by atoms with E-state index in [0.29, 0.717) is 22.7 Å². The SMILES string of the molecule is C[C@]1(c2ccccc2)NC(=O)N(CC(=O)Nc2ccc(Oc3ccccc3)cc2)C1=O. The number of rotatable bonds is 6. The van der Waals surface area contributed by atoms with E-state index in [1.165, 1.54) is 0 Å². The van der Waals surface area contributed by atoms with Crippen molar-refractivity contribution in [2.75, 3.05) is 11.9 Å². The van der Waals surface area contributed by atoms with Crippen molar-refractivity contribution in [1.82, 2.24) is 10.2 Å². The van der Waals surface area contributed by atoms with Gasteiger partial charge in [0.2, 0.25) is 5.91 Å². The van der Waals surface area contributed by atoms with Crippen LogP contribution in [0.25, 0.3) is 0 Å². The molecule has 1 fully saturated rings. The molecule has 1 heterocycles. The number of carbonyl (C=O) groups is 3. The van der Waals surface area contributed by atoms with Crippen LogP contribution >= 0.6 is 0 Å². The quantitative estimate of drug-likeness (QED) is 0.598. The van der Waals surface area contributed by atoms with Crippen molar-refractivity contribution >= 4 is 23.5 Å². The highest BCUT2D eigenvalue weighted by Crippen LogP contribution is 2.28. The minimum absolute atomic E-state index is 0.380. The van der Waals surface area contributed by atoms with E-state index in [2.05, 4.69) is 10.6 Å². The van der Waals surface area contributed by atoms with Crippen molar-refractivity contribution in [2.45, 2.75) is 12.5 Å². The van der Waals surface area contributed by atoms with Crippen LogP contribution in [-0.2, 0) is 15.1 Å². The van der Waals surface area contributed by atoms with Crippen molar-refractivity contribution in [3.05, 3.63) is 90.5 Å². The lowest BCUT2D eigenvalue weighted by Crippen LogP contribution is -2.42. The number of ether oxygens (including phenoxy) is 1. The molecule has 2 N–H and O–H groups in total. The Labute approximate surface area is 179 Å². The van der Waals surface area contributed by atoms with Gasteiger partial charge in [0.15, 0.2) is 0 Å². The summed E-state index contributed by atoms with van der Waals surface area (Å²) >= 11 is 0. The van der Waals surface area contributed by atoms with E-state index in [9.17, 15) is 14.4 Å². The lowest BCUT2D eigenvalue weighted by molar-refractivity contribution is -0.133. The number of nitrogens with zero attached hydrogens (tertiary/aromatic N) is 1. The Morgan fingerprint density at radius 2 is 1.48 bits per heavy atom. The molecular weight excluding hydrogens is 394 g/mol. The zero-order valence-corrected chi connectivity index (χ0v) is 16.9. The van der Waals surface area contributed by atoms with Gasteiger partial charge in [-0.25, -0.2) is 4.79 Å². The molecule has 0 spiro atoms. The van der Waals surface area contributed by atoms with Gasteiger partial charge in [-0.05, 0) is 48.9 Å². The summed E-state index contributed by atoms with van der Waals surface area (Å²) in [5.41, 5.74) is -0.0109. The Kier molecular flexibility index (Phi) is 5.41. The highest BCUT2D eigenvalue weighted by atomic mass is 16.5. The number of anilines is 1. The molecule has 7 heteroatoms. The third-order valence-electron chi connectivity index (χ3n) is 5.04. The number of imide groups is 1. The van der Waals surface area contributed by atoms with Crippen molar-refractivity contribution in [1.29, 1.82) is 0 Å². The largest absolute Gasteiger partial charge is 0.457 e. The predicted octanol–water partition coefficient (Wildman–Crippen LogP) is 3.88. The summed E-state index contributed by atoms with van der Waals surface area (Å²) in [5, 5.41) is 5.39. The fraction of sp³-hybridized carbons (Fsp3) is 0.125. The second kappa shape index (κ2) is 8.31.